The fourth-order valence-corrected chi connectivity index (χ4v) is 2.94. The van der Waals surface area contributed by atoms with Crippen LogP contribution in [0.4, 0.5) is 0 Å². The zero-order chi connectivity index (χ0) is 21.9. The van der Waals surface area contributed by atoms with Gasteiger partial charge in [0.05, 0.1) is 7.11 Å². The van der Waals surface area contributed by atoms with Gasteiger partial charge in [-0.25, -0.2) is 0 Å². The van der Waals surface area contributed by atoms with Crippen LogP contribution in [0.2, 0.25) is 0 Å². The minimum absolute atomic E-state index is 0.0927. The van der Waals surface area contributed by atoms with Crippen molar-refractivity contribution >= 4 is 11.8 Å². The highest BCUT2D eigenvalue weighted by molar-refractivity contribution is 5.93. The second-order valence-electron chi connectivity index (χ2n) is 7.40. The number of ether oxygens (including phenoxy) is 2. The van der Waals surface area contributed by atoms with Gasteiger partial charge in [-0.3, -0.25) is 9.59 Å². The Kier molecular flexibility index (Phi) is 9.34. The lowest BCUT2D eigenvalue weighted by Gasteiger charge is -2.23. The van der Waals surface area contributed by atoms with Crippen LogP contribution >= 0.6 is 0 Å². The third-order valence-corrected chi connectivity index (χ3v) is 4.41. The molecule has 1 aromatic heterocycles. The summed E-state index contributed by atoms with van der Waals surface area (Å²) in [6.45, 7) is 6.04. The first-order valence-corrected chi connectivity index (χ1v) is 10.1. The Labute approximate surface area is 177 Å². The van der Waals surface area contributed by atoms with Gasteiger partial charge in [0.25, 0.3) is 5.91 Å². The number of amides is 2. The molecule has 30 heavy (non-hydrogen) atoms. The van der Waals surface area contributed by atoms with E-state index >= 15 is 0 Å². The van der Waals surface area contributed by atoms with E-state index in [0.717, 1.165) is 12.0 Å². The first-order valence-electron chi connectivity index (χ1n) is 10.1. The Morgan fingerprint density at radius 1 is 1.23 bits per heavy atom. The molecule has 2 rings (SSSR count). The van der Waals surface area contributed by atoms with E-state index in [4.69, 9.17) is 14.0 Å². The van der Waals surface area contributed by atoms with E-state index in [1.807, 2.05) is 38.1 Å². The Hall–Kier alpha value is -2.87. The fraction of sp³-hybridized carbons (Fsp3) is 0.500. The first kappa shape index (κ1) is 23.4. The predicted octanol–water partition coefficient (Wildman–Crippen LogP) is 2.99. The summed E-state index contributed by atoms with van der Waals surface area (Å²) in [5, 5.41) is 6.79. The SMILES string of the molecule is COCCCNC(=O)CCN(CC(C)C)C(=O)c1cc(-c2cccc(OC)c2)on1. The molecule has 2 amide bonds. The lowest BCUT2D eigenvalue weighted by molar-refractivity contribution is -0.121. The zero-order valence-corrected chi connectivity index (χ0v) is 18.1. The van der Waals surface area contributed by atoms with Crippen LogP contribution in [-0.4, -0.2) is 62.3 Å². The molecule has 0 bridgehead atoms. The quantitative estimate of drug-likeness (QED) is 0.534. The number of carbonyl (C=O) groups is 2. The number of rotatable bonds is 12. The summed E-state index contributed by atoms with van der Waals surface area (Å²) in [6, 6.07) is 8.96. The van der Waals surface area contributed by atoms with Crippen LogP contribution < -0.4 is 10.1 Å². The summed E-state index contributed by atoms with van der Waals surface area (Å²) < 4.78 is 15.6. The molecular weight excluding hydrogens is 386 g/mol. The van der Waals surface area contributed by atoms with Gasteiger partial charge >= 0.3 is 0 Å². The van der Waals surface area contributed by atoms with Crippen molar-refractivity contribution < 1.29 is 23.6 Å². The maximum Gasteiger partial charge on any atom is 0.276 e. The van der Waals surface area contributed by atoms with Gasteiger partial charge in [0, 0.05) is 51.4 Å². The van der Waals surface area contributed by atoms with E-state index in [1.165, 1.54) is 0 Å². The van der Waals surface area contributed by atoms with Crippen molar-refractivity contribution in [3.05, 3.63) is 36.0 Å². The summed E-state index contributed by atoms with van der Waals surface area (Å²) in [5.41, 5.74) is 0.987. The lowest BCUT2D eigenvalue weighted by Crippen LogP contribution is -2.38. The number of nitrogens with zero attached hydrogens (tertiary/aromatic N) is 2. The molecule has 2 aromatic rings. The minimum Gasteiger partial charge on any atom is -0.497 e. The van der Waals surface area contributed by atoms with E-state index in [1.54, 1.807) is 25.2 Å². The predicted molar refractivity (Wildman–Crippen MR) is 113 cm³/mol. The van der Waals surface area contributed by atoms with E-state index in [9.17, 15) is 9.59 Å². The van der Waals surface area contributed by atoms with Gasteiger partial charge < -0.3 is 24.2 Å². The summed E-state index contributed by atoms with van der Waals surface area (Å²) in [6.07, 6.45) is 0.981. The highest BCUT2D eigenvalue weighted by atomic mass is 16.5. The highest BCUT2D eigenvalue weighted by Crippen LogP contribution is 2.25. The maximum atomic E-state index is 13.0. The summed E-state index contributed by atoms with van der Waals surface area (Å²) in [5.74, 6) is 1.08. The smallest absolute Gasteiger partial charge is 0.276 e. The molecule has 0 unspecified atom stereocenters. The molecule has 0 aliphatic rings. The number of nitrogens with one attached hydrogen (secondary N) is 1. The second kappa shape index (κ2) is 12.0. The van der Waals surface area contributed by atoms with Gasteiger partial charge in [-0.2, -0.15) is 0 Å². The number of hydrogen-bond donors (Lipinski definition) is 1. The molecule has 1 heterocycles. The molecule has 164 valence electrons. The minimum atomic E-state index is -0.256. The zero-order valence-electron chi connectivity index (χ0n) is 18.1. The number of aromatic nitrogens is 1. The van der Waals surface area contributed by atoms with Crippen LogP contribution in [0.15, 0.2) is 34.9 Å². The third-order valence-electron chi connectivity index (χ3n) is 4.41. The van der Waals surface area contributed by atoms with Gasteiger partial charge in [-0.05, 0) is 24.5 Å². The van der Waals surface area contributed by atoms with Crippen LogP contribution in [-0.2, 0) is 9.53 Å². The Balaban J connectivity index is 2.02. The monoisotopic (exact) mass is 417 g/mol. The van der Waals surface area contributed by atoms with Crippen LogP contribution in [0.3, 0.4) is 0 Å². The number of carbonyl (C=O) groups excluding carboxylic acids is 2. The van der Waals surface area contributed by atoms with Crippen molar-refractivity contribution in [2.45, 2.75) is 26.7 Å². The van der Waals surface area contributed by atoms with Crippen LogP contribution in [0.1, 0.15) is 37.2 Å². The summed E-state index contributed by atoms with van der Waals surface area (Å²) in [4.78, 5) is 26.7. The third kappa shape index (κ3) is 7.18. The molecule has 0 aliphatic heterocycles. The first-order chi connectivity index (χ1) is 14.4. The molecular formula is C22H31N3O5. The van der Waals surface area contributed by atoms with E-state index < -0.39 is 0 Å². The van der Waals surface area contributed by atoms with E-state index in [2.05, 4.69) is 10.5 Å². The molecule has 1 N–H and O–H groups in total. The Morgan fingerprint density at radius 3 is 2.73 bits per heavy atom. The number of benzene rings is 1. The average molecular weight is 418 g/mol. The maximum absolute atomic E-state index is 13.0. The molecule has 0 atom stereocenters. The Bertz CT molecular complexity index is 819. The fourth-order valence-electron chi connectivity index (χ4n) is 2.94. The van der Waals surface area contributed by atoms with Crippen molar-refractivity contribution in [3.8, 4) is 17.1 Å². The van der Waals surface area contributed by atoms with Crippen molar-refractivity contribution in [2.24, 2.45) is 5.92 Å². The molecule has 8 heteroatoms. The molecule has 0 saturated carbocycles. The van der Waals surface area contributed by atoms with Crippen molar-refractivity contribution in [2.75, 3.05) is 40.5 Å². The van der Waals surface area contributed by atoms with E-state index in [0.29, 0.717) is 37.8 Å². The largest absolute Gasteiger partial charge is 0.497 e. The molecule has 0 fully saturated rings. The molecule has 1 aromatic carbocycles. The van der Waals surface area contributed by atoms with Crippen molar-refractivity contribution in [1.82, 2.24) is 15.4 Å². The van der Waals surface area contributed by atoms with Gasteiger partial charge in [-0.1, -0.05) is 31.1 Å². The van der Waals surface area contributed by atoms with Crippen LogP contribution in [0, 0.1) is 5.92 Å². The number of hydrogen-bond acceptors (Lipinski definition) is 6. The highest BCUT2D eigenvalue weighted by Gasteiger charge is 2.22. The lowest BCUT2D eigenvalue weighted by atomic mass is 10.1. The van der Waals surface area contributed by atoms with Crippen LogP contribution in [0.25, 0.3) is 11.3 Å². The summed E-state index contributed by atoms with van der Waals surface area (Å²) in [7, 11) is 3.22. The summed E-state index contributed by atoms with van der Waals surface area (Å²) >= 11 is 0. The molecule has 0 spiro atoms. The Morgan fingerprint density at radius 2 is 2.03 bits per heavy atom. The van der Waals surface area contributed by atoms with E-state index in [-0.39, 0.29) is 29.8 Å². The average Bonchev–Trinajstić information content (AvgIpc) is 3.24. The van der Waals surface area contributed by atoms with Crippen molar-refractivity contribution in [3.63, 3.8) is 0 Å². The topological polar surface area (TPSA) is 93.9 Å². The van der Waals surface area contributed by atoms with Crippen LogP contribution in [0.5, 0.6) is 5.75 Å². The van der Waals surface area contributed by atoms with Gasteiger partial charge in [0.2, 0.25) is 5.91 Å². The number of methoxy groups -OCH3 is 2. The molecule has 0 radical (unpaired) electrons. The second-order valence-corrected chi connectivity index (χ2v) is 7.40. The molecule has 0 aliphatic carbocycles. The molecule has 8 nitrogen and oxygen atoms in total. The standard InChI is InChI=1S/C22H31N3O5/c1-16(2)15-25(11-9-21(26)23-10-6-12-28-3)22(27)19-14-20(30-24-19)17-7-5-8-18(13-17)29-4/h5,7-8,13-14,16H,6,9-12,15H2,1-4H3,(H,23,26). The van der Waals surface area contributed by atoms with Crippen molar-refractivity contribution in [1.29, 1.82) is 0 Å². The van der Waals surface area contributed by atoms with Gasteiger partial charge in [0.15, 0.2) is 11.5 Å². The normalized spacial score (nSPS) is 10.8. The van der Waals surface area contributed by atoms with Gasteiger partial charge in [0.1, 0.15) is 5.75 Å². The molecule has 0 saturated heterocycles. The van der Waals surface area contributed by atoms with Gasteiger partial charge in [-0.15, -0.1) is 0 Å².